The number of likely N-dealkylation sites (tertiary alicyclic amines) is 1. The third-order valence-corrected chi connectivity index (χ3v) is 8.63. The van der Waals surface area contributed by atoms with E-state index in [0.29, 0.717) is 17.4 Å². The molecule has 1 aliphatic rings. The monoisotopic (exact) mass is 477 g/mol. The minimum Gasteiger partial charge on any atom is -0.491 e. The molecule has 1 N–H and O–H groups in total. The van der Waals surface area contributed by atoms with Crippen molar-refractivity contribution in [3.63, 3.8) is 0 Å². The number of piperidine rings is 1. The Balaban J connectivity index is 1.61. The average Bonchev–Trinajstić information content (AvgIpc) is 3.22. The summed E-state index contributed by atoms with van der Waals surface area (Å²) in [7, 11) is -1.13. The van der Waals surface area contributed by atoms with Gasteiger partial charge in [-0.3, -0.25) is 0 Å². The molecule has 178 valence electrons. The average molecular weight is 478 g/mol. The van der Waals surface area contributed by atoms with E-state index in [0.717, 1.165) is 70.3 Å². The summed E-state index contributed by atoms with van der Waals surface area (Å²) >= 11 is 0. The van der Waals surface area contributed by atoms with Crippen molar-refractivity contribution in [3.05, 3.63) is 54.2 Å². The summed E-state index contributed by atoms with van der Waals surface area (Å²) in [5.74, 6) is 1.43. The number of fused-ring (bicyclic) bond motifs is 3. The number of aryl methyl sites for hydroxylation is 1. The SMILES string of the molecule is CCS(=O)(=O)c1cccc(-c2ccc(OCC3CCN(C)CC3)c3[nH]c4ncc(C)cc4c23)c1. The van der Waals surface area contributed by atoms with Gasteiger partial charge >= 0.3 is 0 Å². The minimum atomic E-state index is -3.30. The van der Waals surface area contributed by atoms with E-state index in [-0.39, 0.29) is 5.75 Å². The van der Waals surface area contributed by atoms with Crippen LogP contribution in [0.2, 0.25) is 0 Å². The van der Waals surface area contributed by atoms with Crippen molar-refractivity contribution in [1.29, 1.82) is 0 Å². The Bertz CT molecular complexity index is 1450. The lowest BCUT2D eigenvalue weighted by Crippen LogP contribution is -2.32. The molecule has 2 aromatic heterocycles. The highest BCUT2D eigenvalue weighted by Crippen LogP contribution is 2.39. The third kappa shape index (κ3) is 4.30. The fraction of sp³-hybridized carbons (Fsp3) is 0.370. The second-order valence-corrected chi connectivity index (χ2v) is 11.7. The van der Waals surface area contributed by atoms with E-state index in [1.807, 2.05) is 37.4 Å². The Labute approximate surface area is 200 Å². The van der Waals surface area contributed by atoms with Gasteiger partial charge in [0.2, 0.25) is 0 Å². The van der Waals surface area contributed by atoms with Gasteiger partial charge in [-0.1, -0.05) is 19.1 Å². The minimum absolute atomic E-state index is 0.0752. The zero-order valence-electron chi connectivity index (χ0n) is 20.0. The molecule has 1 fully saturated rings. The Morgan fingerprint density at radius 2 is 1.94 bits per heavy atom. The lowest BCUT2D eigenvalue weighted by molar-refractivity contribution is 0.161. The fourth-order valence-corrected chi connectivity index (χ4v) is 5.71. The molecule has 0 spiro atoms. The second-order valence-electron chi connectivity index (χ2n) is 9.38. The molecule has 0 aliphatic carbocycles. The largest absolute Gasteiger partial charge is 0.491 e. The number of nitrogens with zero attached hydrogens (tertiary/aromatic N) is 2. The van der Waals surface area contributed by atoms with Crippen molar-refractivity contribution >= 4 is 31.8 Å². The van der Waals surface area contributed by atoms with E-state index >= 15 is 0 Å². The molecule has 34 heavy (non-hydrogen) atoms. The summed E-state index contributed by atoms with van der Waals surface area (Å²) in [4.78, 5) is 10.8. The van der Waals surface area contributed by atoms with Gasteiger partial charge in [0.15, 0.2) is 9.84 Å². The molecule has 0 atom stereocenters. The first-order chi connectivity index (χ1) is 16.4. The van der Waals surface area contributed by atoms with Crippen LogP contribution in [0.15, 0.2) is 53.6 Å². The lowest BCUT2D eigenvalue weighted by Gasteiger charge is -2.28. The molecular weight excluding hydrogens is 446 g/mol. The van der Waals surface area contributed by atoms with Gasteiger partial charge in [0.1, 0.15) is 11.4 Å². The second kappa shape index (κ2) is 9.04. The maximum Gasteiger partial charge on any atom is 0.178 e. The molecule has 6 nitrogen and oxygen atoms in total. The molecule has 7 heteroatoms. The van der Waals surface area contributed by atoms with Crippen molar-refractivity contribution in [2.75, 3.05) is 32.5 Å². The van der Waals surface area contributed by atoms with Crippen molar-refractivity contribution in [2.24, 2.45) is 5.92 Å². The van der Waals surface area contributed by atoms with Crippen LogP contribution in [0.3, 0.4) is 0 Å². The number of hydrogen-bond donors (Lipinski definition) is 1. The predicted molar refractivity (Wildman–Crippen MR) is 137 cm³/mol. The maximum absolute atomic E-state index is 12.5. The van der Waals surface area contributed by atoms with E-state index in [1.165, 1.54) is 0 Å². The van der Waals surface area contributed by atoms with Crippen LogP contribution in [-0.4, -0.2) is 55.8 Å². The number of rotatable bonds is 6. The molecule has 0 unspecified atom stereocenters. The molecular formula is C27H31N3O3S. The third-order valence-electron chi connectivity index (χ3n) is 6.90. The Kier molecular flexibility index (Phi) is 6.08. The molecule has 0 saturated carbocycles. The Hall–Kier alpha value is -2.90. The number of nitrogens with one attached hydrogen (secondary N) is 1. The van der Waals surface area contributed by atoms with Gasteiger partial charge in [-0.15, -0.1) is 0 Å². The van der Waals surface area contributed by atoms with Crippen LogP contribution in [0.1, 0.15) is 25.3 Å². The highest BCUT2D eigenvalue weighted by atomic mass is 32.2. The fourth-order valence-electron chi connectivity index (χ4n) is 4.79. The van der Waals surface area contributed by atoms with Crippen LogP contribution in [0, 0.1) is 12.8 Å². The summed E-state index contributed by atoms with van der Waals surface area (Å²) in [5.41, 5.74) is 4.60. The highest BCUT2D eigenvalue weighted by Gasteiger charge is 2.20. The van der Waals surface area contributed by atoms with Gasteiger partial charge in [0.25, 0.3) is 0 Å². The van der Waals surface area contributed by atoms with Crippen molar-refractivity contribution in [1.82, 2.24) is 14.9 Å². The van der Waals surface area contributed by atoms with E-state index < -0.39 is 9.84 Å². The maximum atomic E-state index is 12.5. The van der Waals surface area contributed by atoms with E-state index in [1.54, 1.807) is 19.1 Å². The predicted octanol–water partition coefficient (Wildman–Crippen LogP) is 5.21. The molecule has 4 aromatic rings. The molecule has 5 rings (SSSR count). The smallest absolute Gasteiger partial charge is 0.178 e. The Morgan fingerprint density at radius 1 is 1.15 bits per heavy atom. The van der Waals surface area contributed by atoms with Crippen LogP contribution < -0.4 is 4.74 Å². The standard InChI is InChI=1S/C27H31N3O3S/c1-4-34(31,32)21-7-5-6-20(15-21)22-8-9-24(33-17-19-10-12-30(3)13-11-19)26-25(22)23-14-18(2)16-28-27(23)29-26/h5-9,14-16,19H,4,10-13,17H2,1-3H3,(H,28,29). The first kappa shape index (κ1) is 22.9. The normalized spacial score (nSPS) is 15.9. The number of pyridine rings is 1. The lowest BCUT2D eigenvalue weighted by atomic mass is 9.98. The number of aromatic amines is 1. The van der Waals surface area contributed by atoms with E-state index in [4.69, 9.17) is 4.74 Å². The van der Waals surface area contributed by atoms with E-state index in [9.17, 15) is 8.42 Å². The quantitative estimate of drug-likeness (QED) is 0.413. The van der Waals surface area contributed by atoms with Gasteiger partial charge in [-0.05, 0) is 92.8 Å². The zero-order valence-corrected chi connectivity index (χ0v) is 20.8. The van der Waals surface area contributed by atoms with Crippen LogP contribution in [0.25, 0.3) is 33.1 Å². The number of aromatic nitrogens is 2. The van der Waals surface area contributed by atoms with Crippen LogP contribution in [-0.2, 0) is 9.84 Å². The van der Waals surface area contributed by atoms with Crippen molar-refractivity contribution < 1.29 is 13.2 Å². The van der Waals surface area contributed by atoms with Crippen LogP contribution in [0.4, 0.5) is 0 Å². The molecule has 0 bridgehead atoms. The van der Waals surface area contributed by atoms with Gasteiger partial charge in [-0.2, -0.15) is 0 Å². The first-order valence-electron chi connectivity index (χ1n) is 11.9. The number of ether oxygens (including phenoxy) is 1. The summed E-state index contributed by atoms with van der Waals surface area (Å²) in [5, 5.41) is 2.02. The van der Waals surface area contributed by atoms with Crippen LogP contribution >= 0.6 is 0 Å². The van der Waals surface area contributed by atoms with Crippen LogP contribution in [0.5, 0.6) is 5.75 Å². The van der Waals surface area contributed by atoms with Crippen molar-refractivity contribution in [3.8, 4) is 16.9 Å². The summed E-state index contributed by atoms with van der Waals surface area (Å²) in [6.45, 7) is 6.60. The topological polar surface area (TPSA) is 75.3 Å². The number of benzene rings is 2. The van der Waals surface area contributed by atoms with Gasteiger partial charge in [-0.25, -0.2) is 13.4 Å². The molecule has 0 amide bonds. The Morgan fingerprint density at radius 3 is 2.71 bits per heavy atom. The van der Waals surface area contributed by atoms with Gasteiger partial charge < -0.3 is 14.6 Å². The summed E-state index contributed by atoms with van der Waals surface area (Å²) < 4.78 is 31.4. The number of sulfone groups is 1. The molecule has 1 aliphatic heterocycles. The highest BCUT2D eigenvalue weighted by molar-refractivity contribution is 7.91. The van der Waals surface area contributed by atoms with Gasteiger partial charge in [0.05, 0.1) is 22.8 Å². The molecule has 0 radical (unpaired) electrons. The zero-order chi connectivity index (χ0) is 23.9. The summed E-state index contributed by atoms with van der Waals surface area (Å²) in [6.07, 6.45) is 4.14. The number of hydrogen-bond acceptors (Lipinski definition) is 5. The van der Waals surface area contributed by atoms with E-state index in [2.05, 4.69) is 28.0 Å². The molecule has 1 saturated heterocycles. The van der Waals surface area contributed by atoms with Gasteiger partial charge in [0, 0.05) is 17.0 Å². The molecule has 2 aromatic carbocycles. The van der Waals surface area contributed by atoms with Crippen molar-refractivity contribution in [2.45, 2.75) is 31.6 Å². The first-order valence-corrected chi connectivity index (χ1v) is 13.6. The molecule has 3 heterocycles. The summed E-state index contributed by atoms with van der Waals surface area (Å²) in [6, 6.07) is 13.4. The number of H-pyrrole nitrogens is 1.